The summed E-state index contributed by atoms with van der Waals surface area (Å²) in [4.78, 5) is 40.4. The van der Waals surface area contributed by atoms with Crippen LogP contribution < -0.4 is 16.6 Å². The topological polar surface area (TPSA) is 107 Å². The maximum atomic E-state index is 12.9. The summed E-state index contributed by atoms with van der Waals surface area (Å²) in [7, 11) is 0. The second kappa shape index (κ2) is 10.9. The molecule has 32 heavy (non-hydrogen) atoms. The first-order valence-corrected chi connectivity index (χ1v) is 11.5. The van der Waals surface area contributed by atoms with Gasteiger partial charge < -0.3 is 15.6 Å². The lowest BCUT2D eigenvalue weighted by Gasteiger charge is -2.08. The average molecular weight is 453 g/mol. The second-order valence-corrected chi connectivity index (χ2v) is 9.15. The fraction of sp³-hybridized carbons (Fsp3) is 0.333. The van der Waals surface area contributed by atoms with Gasteiger partial charge in [0.05, 0.1) is 16.8 Å². The second-order valence-electron chi connectivity index (χ2n) is 8.07. The van der Waals surface area contributed by atoms with Crippen molar-refractivity contribution in [1.82, 2.24) is 9.55 Å². The number of unbranched alkanes of at least 4 members (excludes halogenated alkanes) is 1. The number of carbonyl (C=O) groups excluding carboxylic acids is 2. The van der Waals surface area contributed by atoms with Gasteiger partial charge in [0, 0.05) is 12.6 Å². The van der Waals surface area contributed by atoms with Crippen molar-refractivity contribution < 1.29 is 9.59 Å². The lowest BCUT2D eigenvalue weighted by Crippen LogP contribution is -2.25. The number of aromatic nitrogens is 2. The van der Waals surface area contributed by atoms with Crippen LogP contribution in [0.25, 0.3) is 10.2 Å². The fourth-order valence-electron chi connectivity index (χ4n) is 3.42. The van der Waals surface area contributed by atoms with E-state index in [1.165, 1.54) is 16.3 Å². The van der Waals surface area contributed by atoms with Crippen LogP contribution in [0.15, 0.2) is 53.5 Å². The first kappa shape index (κ1) is 23.4. The molecule has 7 nitrogen and oxygen atoms in total. The molecule has 8 heteroatoms. The standard InChI is InChI=1S/C24H28N4O3S/c1-16(2)14-17-8-6-9-18-23(17)32-22(27-18)15-28-13-7-10-19(24(28)31)26-21(30)12-5-3-4-11-20(25)29/h4,6-11,13,16H,3,5,12,14-15H2,1-2H3,(H2,25,29)(H,26,30)/b11-4+. The molecule has 0 unspecified atom stereocenters. The zero-order chi connectivity index (χ0) is 23.1. The Kier molecular flexibility index (Phi) is 7.94. The van der Waals surface area contributed by atoms with Crippen molar-refractivity contribution in [3.8, 4) is 0 Å². The van der Waals surface area contributed by atoms with Crippen LogP contribution in [0.3, 0.4) is 0 Å². The maximum absolute atomic E-state index is 12.9. The van der Waals surface area contributed by atoms with E-state index in [9.17, 15) is 14.4 Å². The molecular weight excluding hydrogens is 424 g/mol. The van der Waals surface area contributed by atoms with Gasteiger partial charge in [-0.25, -0.2) is 4.98 Å². The number of rotatable bonds is 10. The van der Waals surface area contributed by atoms with Crippen molar-refractivity contribution in [3.05, 3.63) is 69.6 Å². The molecule has 168 valence electrons. The van der Waals surface area contributed by atoms with E-state index in [2.05, 4.69) is 25.2 Å². The molecule has 0 fully saturated rings. The van der Waals surface area contributed by atoms with Crippen molar-refractivity contribution in [2.24, 2.45) is 11.7 Å². The van der Waals surface area contributed by atoms with Crippen LogP contribution in [-0.4, -0.2) is 21.4 Å². The van der Waals surface area contributed by atoms with Crippen LogP contribution >= 0.6 is 11.3 Å². The zero-order valence-corrected chi connectivity index (χ0v) is 19.2. The SMILES string of the molecule is CC(C)Cc1cccc2nc(Cn3cccc(NC(=O)CCC/C=C/C(N)=O)c3=O)sc12. The quantitative estimate of drug-likeness (QED) is 0.360. The number of thiazole rings is 1. The molecule has 3 aromatic rings. The number of amides is 2. The summed E-state index contributed by atoms with van der Waals surface area (Å²) in [6.07, 6.45) is 6.96. The van der Waals surface area contributed by atoms with Gasteiger partial charge in [0.15, 0.2) is 0 Å². The Balaban J connectivity index is 1.69. The molecule has 0 bridgehead atoms. The lowest BCUT2D eigenvalue weighted by molar-refractivity contribution is -0.116. The predicted molar refractivity (Wildman–Crippen MR) is 129 cm³/mol. The van der Waals surface area contributed by atoms with Crippen LogP contribution in [0.1, 0.15) is 43.7 Å². The number of nitrogens with two attached hydrogens (primary N) is 1. The minimum atomic E-state index is -0.511. The van der Waals surface area contributed by atoms with Crippen molar-refractivity contribution in [2.75, 3.05) is 5.32 Å². The summed E-state index contributed by atoms with van der Waals surface area (Å²) in [5.74, 6) is -0.206. The van der Waals surface area contributed by atoms with Crippen LogP contribution in [0.5, 0.6) is 0 Å². The number of nitrogens with zero attached hydrogens (tertiary/aromatic N) is 2. The number of benzene rings is 1. The molecule has 0 radical (unpaired) electrons. The Morgan fingerprint density at radius 2 is 2.06 bits per heavy atom. The van der Waals surface area contributed by atoms with E-state index in [0.717, 1.165) is 16.9 Å². The highest BCUT2D eigenvalue weighted by Gasteiger charge is 2.12. The van der Waals surface area contributed by atoms with Gasteiger partial charge >= 0.3 is 0 Å². The van der Waals surface area contributed by atoms with E-state index in [4.69, 9.17) is 10.7 Å². The molecule has 2 aromatic heterocycles. The van der Waals surface area contributed by atoms with Crippen LogP contribution in [-0.2, 0) is 22.6 Å². The fourth-order valence-corrected chi connectivity index (χ4v) is 4.50. The van der Waals surface area contributed by atoms with E-state index in [0.29, 0.717) is 25.3 Å². The van der Waals surface area contributed by atoms with E-state index < -0.39 is 5.91 Å². The minimum absolute atomic E-state index is 0.242. The Morgan fingerprint density at radius 1 is 1.25 bits per heavy atom. The molecule has 2 heterocycles. The summed E-state index contributed by atoms with van der Waals surface area (Å²) in [5.41, 5.74) is 7.23. The molecule has 0 aliphatic rings. The first-order chi connectivity index (χ1) is 15.3. The zero-order valence-electron chi connectivity index (χ0n) is 18.3. The molecule has 0 saturated carbocycles. The lowest BCUT2D eigenvalue weighted by atomic mass is 10.0. The highest BCUT2D eigenvalue weighted by Crippen LogP contribution is 2.28. The molecule has 0 saturated heterocycles. The molecule has 3 N–H and O–H groups in total. The van der Waals surface area contributed by atoms with E-state index >= 15 is 0 Å². The molecule has 0 spiro atoms. The Bertz CT molecular complexity index is 1190. The van der Waals surface area contributed by atoms with Gasteiger partial charge in [0.2, 0.25) is 11.8 Å². The number of fused-ring (bicyclic) bond motifs is 1. The number of hydrogen-bond acceptors (Lipinski definition) is 5. The third kappa shape index (κ3) is 6.37. The van der Waals surface area contributed by atoms with Crippen LogP contribution in [0.4, 0.5) is 5.69 Å². The third-order valence-corrected chi connectivity index (χ3v) is 5.96. The molecule has 1 aromatic carbocycles. The average Bonchev–Trinajstić information content (AvgIpc) is 3.14. The van der Waals surface area contributed by atoms with Gasteiger partial charge in [0.25, 0.3) is 5.56 Å². The largest absolute Gasteiger partial charge is 0.366 e. The molecule has 3 rings (SSSR count). The van der Waals surface area contributed by atoms with Crippen molar-refractivity contribution in [3.63, 3.8) is 0 Å². The number of nitrogens with one attached hydrogen (secondary N) is 1. The number of carbonyl (C=O) groups is 2. The van der Waals surface area contributed by atoms with E-state index in [-0.39, 0.29) is 23.6 Å². The molecule has 2 amide bonds. The number of primary amides is 1. The monoisotopic (exact) mass is 452 g/mol. The first-order valence-electron chi connectivity index (χ1n) is 10.7. The number of pyridine rings is 1. The molecular formula is C24H28N4O3S. The summed E-state index contributed by atoms with van der Waals surface area (Å²) in [6, 6.07) is 9.50. The number of allylic oxidation sites excluding steroid dienone is 1. The Hall–Kier alpha value is -3.26. The van der Waals surface area contributed by atoms with Gasteiger partial charge in [-0.2, -0.15) is 0 Å². The molecule has 0 atom stereocenters. The van der Waals surface area contributed by atoms with Crippen molar-refractivity contribution >= 4 is 39.1 Å². The van der Waals surface area contributed by atoms with Gasteiger partial charge in [-0.05, 0) is 55.0 Å². The predicted octanol–water partition coefficient (Wildman–Crippen LogP) is 3.86. The summed E-state index contributed by atoms with van der Waals surface area (Å²) >= 11 is 1.61. The van der Waals surface area contributed by atoms with Crippen molar-refractivity contribution in [1.29, 1.82) is 0 Å². The summed E-state index contributed by atoms with van der Waals surface area (Å²) < 4.78 is 2.73. The van der Waals surface area contributed by atoms with Crippen LogP contribution in [0, 0.1) is 5.92 Å². The smallest absolute Gasteiger partial charge is 0.274 e. The highest BCUT2D eigenvalue weighted by molar-refractivity contribution is 7.18. The Labute approximate surface area is 191 Å². The normalized spacial score (nSPS) is 11.5. The molecule has 0 aliphatic carbocycles. The number of hydrogen-bond donors (Lipinski definition) is 2. The van der Waals surface area contributed by atoms with Gasteiger partial charge in [-0.15, -0.1) is 11.3 Å². The van der Waals surface area contributed by atoms with Gasteiger partial charge in [0.1, 0.15) is 10.7 Å². The minimum Gasteiger partial charge on any atom is -0.366 e. The summed E-state index contributed by atoms with van der Waals surface area (Å²) in [5, 5.41) is 3.54. The Morgan fingerprint density at radius 3 is 2.81 bits per heavy atom. The van der Waals surface area contributed by atoms with Gasteiger partial charge in [-0.3, -0.25) is 14.4 Å². The molecule has 0 aliphatic heterocycles. The van der Waals surface area contributed by atoms with Crippen molar-refractivity contribution in [2.45, 2.75) is 46.1 Å². The third-order valence-electron chi connectivity index (χ3n) is 4.83. The van der Waals surface area contributed by atoms with E-state index in [1.807, 2.05) is 12.1 Å². The maximum Gasteiger partial charge on any atom is 0.274 e. The highest BCUT2D eigenvalue weighted by atomic mass is 32.1. The van der Waals surface area contributed by atoms with E-state index in [1.54, 1.807) is 40.3 Å². The van der Waals surface area contributed by atoms with Gasteiger partial charge in [-0.1, -0.05) is 32.1 Å². The summed E-state index contributed by atoms with van der Waals surface area (Å²) in [6.45, 7) is 4.73. The number of anilines is 1. The van der Waals surface area contributed by atoms with Crippen LogP contribution in [0.2, 0.25) is 0 Å².